The standard InChI is InChI=1S/C31H50BFN8O6S/c1-17-14-30(5,45-7)24(32)18(2)23(42)19(3)27(43)46-22(10-11-33)31(6)25(20(4)35-15-17)41(29(44)47-31)13-9-8-12-40-16-21(37-39-40)26-36-28(34)48-38-26/h16-20,22,24-25,27,35,43H,8-15H2,1-7H3,(H2,34,36,38)/t17-,18+,19-,20-,22-,24-,25-,27?,30-,31-/m1/s1. The minimum Gasteiger partial charge on any atom is -0.438 e. The first-order valence-corrected chi connectivity index (χ1v) is 17.4. The zero-order valence-electron chi connectivity index (χ0n) is 29.0. The lowest BCUT2D eigenvalue weighted by atomic mass is 9.62. The van der Waals surface area contributed by atoms with Crippen molar-refractivity contribution in [3.8, 4) is 11.5 Å². The highest BCUT2D eigenvalue weighted by Crippen LogP contribution is 2.41. The minimum absolute atomic E-state index is 0.0676. The smallest absolute Gasteiger partial charge is 0.410 e. The molecular weight excluding hydrogens is 642 g/mol. The number of aliphatic hydroxyl groups is 1. The number of hydrogen-bond donors (Lipinski definition) is 3. The van der Waals surface area contributed by atoms with Crippen molar-refractivity contribution in [3.63, 3.8) is 0 Å². The summed E-state index contributed by atoms with van der Waals surface area (Å²) >= 11 is 1.08. The van der Waals surface area contributed by atoms with Crippen molar-refractivity contribution in [2.75, 3.05) is 32.6 Å². The van der Waals surface area contributed by atoms with E-state index in [4.69, 9.17) is 27.8 Å². The van der Waals surface area contributed by atoms with Gasteiger partial charge in [-0.05, 0) is 58.3 Å². The number of nitrogens with two attached hydrogens (primary N) is 1. The molecule has 2 aromatic rings. The molecule has 0 aromatic carbocycles. The second kappa shape index (κ2) is 15.9. The summed E-state index contributed by atoms with van der Waals surface area (Å²) in [5.74, 6) is -2.12. The number of nitrogens with zero attached hydrogens (tertiary/aromatic N) is 6. The lowest BCUT2D eigenvalue weighted by Crippen LogP contribution is -2.61. The third kappa shape index (κ3) is 8.17. The van der Waals surface area contributed by atoms with E-state index in [-0.39, 0.29) is 24.2 Å². The number of aliphatic hydroxyl groups excluding tert-OH is 1. The molecule has 17 heteroatoms. The number of fused-ring (bicyclic) bond motifs is 1. The molecule has 10 atom stereocenters. The van der Waals surface area contributed by atoms with E-state index in [1.807, 2.05) is 13.8 Å². The molecule has 2 radical (unpaired) electrons. The van der Waals surface area contributed by atoms with Crippen molar-refractivity contribution in [1.29, 1.82) is 0 Å². The summed E-state index contributed by atoms with van der Waals surface area (Å²) in [6, 6.07) is -0.917. The van der Waals surface area contributed by atoms with Gasteiger partial charge in [0.15, 0.2) is 28.5 Å². The average Bonchev–Trinajstić information content (AvgIpc) is 3.77. The molecule has 266 valence electrons. The number of ether oxygens (including phenoxy) is 3. The van der Waals surface area contributed by atoms with Crippen molar-refractivity contribution in [2.24, 2.45) is 17.8 Å². The van der Waals surface area contributed by atoms with Crippen LogP contribution in [0.1, 0.15) is 67.2 Å². The number of nitrogens with one attached hydrogen (secondary N) is 1. The van der Waals surface area contributed by atoms with Gasteiger partial charge in [0.1, 0.15) is 11.9 Å². The van der Waals surface area contributed by atoms with Crippen LogP contribution in [0.4, 0.5) is 14.3 Å². The fourth-order valence-electron chi connectivity index (χ4n) is 7.14. The van der Waals surface area contributed by atoms with Crippen molar-refractivity contribution < 1.29 is 33.3 Å². The maximum absolute atomic E-state index is 14.1. The Bertz CT molecular complexity index is 1390. The molecule has 1 amide bonds. The third-order valence-corrected chi connectivity index (χ3v) is 10.6. The van der Waals surface area contributed by atoms with Gasteiger partial charge >= 0.3 is 6.09 Å². The van der Waals surface area contributed by atoms with Crippen LogP contribution in [0.5, 0.6) is 0 Å². The van der Waals surface area contributed by atoms with Crippen molar-refractivity contribution >= 4 is 36.4 Å². The monoisotopic (exact) mass is 692 g/mol. The SMILES string of the molecule is [B][C@@H]1[C@@H](C)C(=O)[C@@H](C)C(O)O[C@H](CCF)[C@@]2(C)OC(=O)N(CCCCn3cc(-c4nsc(N)n4)nn3)[C@@H]2[C@@H](C)NC[C@H](C)C[C@@]1(C)OC. The summed E-state index contributed by atoms with van der Waals surface area (Å²) in [6.07, 6.45) is 0.223. The number of carbonyl (C=O) groups is 2. The molecule has 2 saturated heterocycles. The normalized spacial score (nSPS) is 35.6. The van der Waals surface area contributed by atoms with Crippen LogP contribution in [-0.4, -0.2) is 117 Å². The maximum Gasteiger partial charge on any atom is 0.410 e. The summed E-state index contributed by atoms with van der Waals surface area (Å²) in [5, 5.41) is 23.4. The number of Topliss-reactive ketones (excluding diaryl/α,β-unsaturated/α-hetero) is 1. The van der Waals surface area contributed by atoms with E-state index in [0.29, 0.717) is 55.5 Å². The van der Waals surface area contributed by atoms with Crippen LogP contribution >= 0.6 is 11.5 Å². The number of anilines is 1. The molecule has 0 saturated carbocycles. The Kier molecular flexibility index (Phi) is 12.6. The molecule has 0 bridgehead atoms. The summed E-state index contributed by atoms with van der Waals surface area (Å²) in [6.45, 7) is 11.6. The number of alkyl halides is 1. The van der Waals surface area contributed by atoms with E-state index in [1.165, 1.54) is 0 Å². The minimum atomic E-state index is -1.58. The van der Waals surface area contributed by atoms with Gasteiger partial charge in [0.05, 0.1) is 38.3 Å². The number of hydrogen-bond acceptors (Lipinski definition) is 13. The summed E-state index contributed by atoms with van der Waals surface area (Å²) in [5.41, 5.74) is 4.02. The van der Waals surface area contributed by atoms with Crippen LogP contribution in [0, 0.1) is 17.8 Å². The molecule has 1 unspecified atom stereocenters. The first-order chi connectivity index (χ1) is 22.6. The molecule has 14 nitrogen and oxygen atoms in total. The van der Waals surface area contributed by atoms with Gasteiger partial charge in [0.2, 0.25) is 0 Å². The largest absolute Gasteiger partial charge is 0.438 e. The fourth-order valence-corrected chi connectivity index (χ4v) is 7.58. The Hall–Kier alpha value is -2.73. The Morgan fingerprint density at radius 1 is 1.21 bits per heavy atom. The van der Waals surface area contributed by atoms with Gasteiger partial charge in [-0.2, -0.15) is 9.36 Å². The van der Waals surface area contributed by atoms with E-state index < -0.39 is 60.1 Å². The van der Waals surface area contributed by atoms with Gasteiger partial charge < -0.3 is 30.4 Å². The Balaban J connectivity index is 1.56. The zero-order chi connectivity index (χ0) is 35.4. The van der Waals surface area contributed by atoms with E-state index >= 15 is 0 Å². The van der Waals surface area contributed by atoms with Crippen molar-refractivity contribution in [2.45, 2.75) is 115 Å². The summed E-state index contributed by atoms with van der Waals surface area (Å²) in [7, 11) is 8.22. The first kappa shape index (κ1) is 38.1. The number of amides is 1. The number of nitrogen functional groups attached to an aromatic ring is 1. The molecule has 0 spiro atoms. The topological polar surface area (TPSA) is 180 Å². The maximum atomic E-state index is 14.1. The molecule has 4 rings (SSSR count). The van der Waals surface area contributed by atoms with Gasteiger partial charge in [-0.1, -0.05) is 26.0 Å². The number of unbranched alkanes of at least 4 members (excludes halogenated alkanes) is 1. The van der Waals surface area contributed by atoms with Crippen LogP contribution in [0.15, 0.2) is 6.20 Å². The number of rotatable bonds is 9. The summed E-state index contributed by atoms with van der Waals surface area (Å²) < 4.78 is 38.0. The molecule has 4 heterocycles. The number of carbonyl (C=O) groups excluding carboxylic acids is 2. The van der Waals surface area contributed by atoms with Gasteiger partial charge in [-0.25, -0.2) is 4.79 Å². The highest BCUT2D eigenvalue weighted by atomic mass is 32.1. The predicted octanol–water partition coefficient (Wildman–Crippen LogP) is 3.02. The van der Waals surface area contributed by atoms with E-state index in [1.54, 1.807) is 43.7 Å². The first-order valence-electron chi connectivity index (χ1n) is 16.6. The van der Waals surface area contributed by atoms with Gasteiger partial charge in [0.25, 0.3) is 0 Å². The molecule has 2 aliphatic rings. The Morgan fingerprint density at radius 2 is 1.92 bits per heavy atom. The number of aryl methyl sites for hydroxylation is 1. The molecule has 2 aromatic heterocycles. The number of aromatic nitrogens is 5. The van der Waals surface area contributed by atoms with Crippen LogP contribution < -0.4 is 11.1 Å². The van der Waals surface area contributed by atoms with E-state index in [9.17, 15) is 19.1 Å². The van der Waals surface area contributed by atoms with E-state index in [0.717, 1.165) is 11.5 Å². The summed E-state index contributed by atoms with van der Waals surface area (Å²) in [4.78, 5) is 32.9. The lowest BCUT2D eigenvalue weighted by molar-refractivity contribution is -0.211. The Labute approximate surface area is 287 Å². The number of methoxy groups -OCH3 is 1. The van der Waals surface area contributed by atoms with Gasteiger partial charge in [-0.3, -0.25) is 18.8 Å². The van der Waals surface area contributed by atoms with Crippen molar-refractivity contribution in [3.05, 3.63) is 6.20 Å². The highest BCUT2D eigenvalue weighted by Gasteiger charge is 2.58. The number of halogens is 1. The van der Waals surface area contributed by atoms with Gasteiger partial charge in [0, 0.05) is 50.1 Å². The quantitative estimate of drug-likeness (QED) is 0.259. The van der Waals surface area contributed by atoms with Crippen LogP contribution in [0.2, 0.25) is 5.82 Å². The number of ketones is 1. The second-order valence-corrected chi connectivity index (χ2v) is 14.5. The highest BCUT2D eigenvalue weighted by molar-refractivity contribution is 7.09. The average molecular weight is 693 g/mol. The molecule has 48 heavy (non-hydrogen) atoms. The zero-order valence-corrected chi connectivity index (χ0v) is 29.8. The van der Waals surface area contributed by atoms with Gasteiger partial charge in [-0.15, -0.1) is 5.10 Å². The van der Waals surface area contributed by atoms with Crippen molar-refractivity contribution in [1.82, 2.24) is 34.6 Å². The molecule has 0 aliphatic carbocycles. The lowest BCUT2D eigenvalue weighted by Gasteiger charge is -2.42. The second-order valence-electron chi connectivity index (χ2n) is 13.7. The molecular formula is C31H50BFN8O6S. The molecule has 4 N–H and O–H groups in total. The van der Waals surface area contributed by atoms with E-state index in [2.05, 4.69) is 31.9 Å². The fraction of sp³-hybridized carbons (Fsp3) is 0.806. The predicted molar refractivity (Wildman–Crippen MR) is 179 cm³/mol. The van der Waals surface area contributed by atoms with Crippen LogP contribution in [0.3, 0.4) is 0 Å². The van der Waals surface area contributed by atoms with Crippen LogP contribution in [0.25, 0.3) is 11.5 Å². The molecule has 2 fully saturated rings. The van der Waals surface area contributed by atoms with Crippen LogP contribution in [-0.2, 0) is 25.5 Å². The molecule has 2 aliphatic heterocycles. The Morgan fingerprint density at radius 3 is 2.56 bits per heavy atom. The third-order valence-electron chi connectivity index (χ3n) is 10.1.